The Morgan fingerprint density at radius 3 is 2.58 bits per heavy atom. The summed E-state index contributed by atoms with van der Waals surface area (Å²) in [7, 11) is 1.82. The number of carbonyl (C=O) groups excluding carboxylic acids is 2. The minimum absolute atomic E-state index is 0.00903. The fourth-order valence-corrected chi connectivity index (χ4v) is 6.18. The van der Waals surface area contributed by atoms with E-state index in [-0.39, 0.29) is 29.6 Å². The smallest absolute Gasteiger partial charge is 0.410 e. The zero-order valence-corrected chi connectivity index (χ0v) is 21.0. The van der Waals surface area contributed by atoms with Crippen molar-refractivity contribution in [1.82, 2.24) is 14.9 Å². The summed E-state index contributed by atoms with van der Waals surface area (Å²) in [4.78, 5) is 37.0. The van der Waals surface area contributed by atoms with E-state index < -0.39 is 5.60 Å². The number of fused-ring (bicyclic) bond motifs is 3. The van der Waals surface area contributed by atoms with Crippen molar-refractivity contribution in [3.8, 4) is 5.88 Å². The minimum atomic E-state index is -0.520. The van der Waals surface area contributed by atoms with Crippen LogP contribution in [0.2, 0.25) is 0 Å². The van der Waals surface area contributed by atoms with Crippen molar-refractivity contribution in [2.45, 2.75) is 95.8 Å². The van der Waals surface area contributed by atoms with Crippen LogP contribution in [0.3, 0.4) is 0 Å². The summed E-state index contributed by atoms with van der Waals surface area (Å²) >= 11 is 1.66. The average Bonchev–Trinajstić information content (AvgIpc) is 3.27. The van der Waals surface area contributed by atoms with Crippen LogP contribution in [0.1, 0.15) is 82.6 Å². The second-order valence-corrected chi connectivity index (χ2v) is 11.6. The van der Waals surface area contributed by atoms with E-state index in [1.807, 2.05) is 27.8 Å². The summed E-state index contributed by atoms with van der Waals surface area (Å²) in [5, 5.41) is 0.945. The molecule has 1 fully saturated rings. The molecule has 2 amide bonds. The van der Waals surface area contributed by atoms with Gasteiger partial charge >= 0.3 is 6.09 Å². The fraction of sp³-hybridized carbons (Fsp3) is 0.667. The number of amides is 2. The summed E-state index contributed by atoms with van der Waals surface area (Å²) in [6, 6.07) is 0. The van der Waals surface area contributed by atoms with E-state index in [0.29, 0.717) is 12.3 Å². The number of carbonyl (C=O) groups is 2. The molecule has 1 saturated carbocycles. The number of aromatic nitrogens is 2. The lowest BCUT2D eigenvalue weighted by atomic mass is 9.81. The van der Waals surface area contributed by atoms with E-state index in [1.54, 1.807) is 22.6 Å². The maximum absolute atomic E-state index is 12.6. The van der Waals surface area contributed by atoms with Crippen molar-refractivity contribution in [3.05, 3.63) is 16.8 Å². The van der Waals surface area contributed by atoms with Gasteiger partial charge in [0.25, 0.3) is 0 Å². The van der Waals surface area contributed by atoms with Crippen molar-refractivity contribution in [1.29, 1.82) is 0 Å². The van der Waals surface area contributed by atoms with E-state index in [9.17, 15) is 9.59 Å². The number of primary amides is 1. The first-order valence-corrected chi connectivity index (χ1v) is 12.5. The molecule has 0 bridgehead atoms. The molecule has 4 rings (SSSR count). The standard InChI is InChI=1S/C24H34N4O4S/c1-23(2,3)32-22(30)28(5)24(4)10-8-15(9-11-24)31-20-19-18-14(12-17(25)29)6-7-16(18)33-21(19)27-13-26-20/h13-15H,6-12H2,1-5H3,(H2,25,29)/t14-,15-,24-/m1/s1. The second kappa shape index (κ2) is 8.74. The molecule has 1 atom stereocenters. The number of hydrogen-bond acceptors (Lipinski definition) is 7. The largest absolute Gasteiger partial charge is 0.474 e. The maximum Gasteiger partial charge on any atom is 0.410 e. The van der Waals surface area contributed by atoms with E-state index in [4.69, 9.17) is 15.2 Å². The van der Waals surface area contributed by atoms with Crippen LogP contribution in [0.4, 0.5) is 4.79 Å². The van der Waals surface area contributed by atoms with Gasteiger partial charge in [0.05, 0.1) is 5.39 Å². The van der Waals surface area contributed by atoms with Crippen LogP contribution in [0.15, 0.2) is 6.33 Å². The van der Waals surface area contributed by atoms with Crippen molar-refractivity contribution >= 4 is 33.6 Å². The first-order valence-electron chi connectivity index (χ1n) is 11.6. The van der Waals surface area contributed by atoms with E-state index in [0.717, 1.165) is 54.3 Å². The van der Waals surface area contributed by atoms with Crippen LogP contribution in [-0.2, 0) is 16.0 Å². The monoisotopic (exact) mass is 474 g/mol. The summed E-state index contributed by atoms with van der Waals surface area (Å²) in [6.07, 6.45) is 6.71. The zero-order chi connectivity index (χ0) is 24.0. The highest BCUT2D eigenvalue weighted by atomic mass is 32.1. The molecule has 0 saturated heterocycles. The first kappa shape index (κ1) is 23.7. The number of nitrogens with zero attached hydrogens (tertiary/aromatic N) is 3. The third-order valence-corrected chi connectivity index (χ3v) is 8.08. The Labute approximate surface area is 198 Å². The number of thiophene rings is 1. The number of aryl methyl sites for hydroxylation is 1. The molecule has 0 radical (unpaired) electrons. The highest BCUT2D eigenvalue weighted by Crippen LogP contribution is 2.47. The van der Waals surface area contributed by atoms with Crippen LogP contribution >= 0.6 is 11.3 Å². The van der Waals surface area contributed by atoms with Gasteiger partial charge in [0.15, 0.2) is 0 Å². The molecule has 33 heavy (non-hydrogen) atoms. The molecular weight excluding hydrogens is 440 g/mol. The number of ether oxygens (including phenoxy) is 2. The summed E-state index contributed by atoms with van der Waals surface area (Å²) in [6.45, 7) is 7.74. The van der Waals surface area contributed by atoms with Crippen LogP contribution in [0.5, 0.6) is 5.88 Å². The van der Waals surface area contributed by atoms with E-state index in [1.165, 1.54) is 4.88 Å². The maximum atomic E-state index is 12.6. The summed E-state index contributed by atoms with van der Waals surface area (Å²) in [5.74, 6) is 0.423. The van der Waals surface area contributed by atoms with Crippen molar-refractivity contribution in [2.24, 2.45) is 5.73 Å². The van der Waals surface area contributed by atoms with Gasteiger partial charge in [-0.3, -0.25) is 4.79 Å². The summed E-state index contributed by atoms with van der Waals surface area (Å²) in [5.41, 5.74) is 5.85. The van der Waals surface area contributed by atoms with Crippen molar-refractivity contribution < 1.29 is 19.1 Å². The van der Waals surface area contributed by atoms with E-state index >= 15 is 0 Å². The molecule has 0 aliphatic heterocycles. The molecule has 180 valence electrons. The van der Waals surface area contributed by atoms with Gasteiger partial charge in [0.1, 0.15) is 22.9 Å². The second-order valence-electron chi connectivity index (χ2n) is 10.6. The van der Waals surface area contributed by atoms with Gasteiger partial charge in [-0.2, -0.15) is 0 Å². The Kier molecular flexibility index (Phi) is 6.28. The Morgan fingerprint density at radius 1 is 1.24 bits per heavy atom. The third-order valence-electron chi connectivity index (χ3n) is 6.91. The van der Waals surface area contributed by atoms with Crippen molar-refractivity contribution in [3.63, 3.8) is 0 Å². The molecule has 2 aromatic rings. The van der Waals surface area contributed by atoms with Gasteiger partial charge in [-0.1, -0.05) is 0 Å². The predicted molar refractivity (Wildman–Crippen MR) is 128 cm³/mol. The van der Waals surface area contributed by atoms with Gasteiger partial charge < -0.3 is 20.1 Å². The lowest BCUT2D eigenvalue weighted by Crippen LogP contribution is -2.51. The number of nitrogens with two attached hydrogens (primary N) is 1. The van der Waals surface area contributed by atoms with Crippen LogP contribution in [-0.4, -0.2) is 51.2 Å². The minimum Gasteiger partial charge on any atom is -0.474 e. The third kappa shape index (κ3) is 4.93. The lowest BCUT2D eigenvalue weighted by Gasteiger charge is -2.43. The van der Waals surface area contributed by atoms with Crippen LogP contribution in [0.25, 0.3) is 10.2 Å². The zero-order valence-electron chi connectivity index (χ0n) is 20.1. The number of hydrogen-bond donors (Lipinski definition) is 1. The molecule has 0 aromatic carbocycles. The quantitative estimate of drug-likeness (QED) is 0.681. The van der Waals surface area contributed by atoms with Crippen molar-refractivity contribution in [2.75, 3.05) is 7.05 Å². The number of rotatable bonds is 5. The Balaban J connectivity index is 1.48. The summed E-state index contributed by atoms with van der Waals surface area (Å²) < 4.78 is 12.0. The van der Waals surface area contributed by atoms with Gasteiger partial charge in [-0.15, -0.1) is 11.3 Å². The SMILES string of the molecule is CN(C(=O)OC(C)(C)C)[C@]1(C)CC[C@@H](Oc2ncnc3sc4c(c23)[C@@H](CC(N)=O)CC4)CC1. The Bertz CT molecular complexity index is 1050. The van der Waals surface area contributed by atoms with Gasteiger partial charge in [0.2, 0.25) is 11.8 Å². The Hall–Kier alpha value is -2.42. The molecule has 2 aromatic heterocycles. The Morgan fingerprint density at radius 2 is 1.94 bits per heavy atom. The molecule has 8 nitrogen and oxygen atoms in total. The van der Waals surface area contributed by atoms with Gasteiger partial charge in [-0.05, 0) is 77.7 Å². The fourth-order valence-electron chi connectivity index (χ4n) is 4.95. The van der Waals surface area contributed by atoms with Crippen LogP contribution < -0.4 is 10.5 Å². The van der Waals surface area contributed by atoms with Gasteiger partial charge in [0, 0.05) is 23.9 Å². The highest BCUT2D eigenvalue weighted by Gasteiger charge is 2.40. The molecule has 9 heteroatoms. The normalized spacial score (nSPS) is 25.0. The topological polar surface area (TPSA) is 108 Å². The lowest BCUT2D eigenvalue weighted by molar-refractivity contribution is -0.118. The molecule has 2 aliphatic rings. The molecule has 2 heterocycles. The molecule has 2 N–H and O–H groups in total. The molecule has 2 aliphatic carbocycles. The van der Waals surface area contributed by atoms with Crippen LogP contribution in [0, 0.1) is 0 Å². The highest BCUT2D eigenvalue weighted by molar-refractivity contribution is 7.19. The van der Waals surface area contributed by atoms with E-state index in [2.05, 4.69) is 16.9 Å². The molecule has 0 spiro atoms. The predicted octanol–water partition coefficient (Wildman–Crippen LogP) is 4.54. The average molecular weight is 475 g/mol. The first-order chi connectivity index (χ1) is 15.5. The molecule has 0 unspecified atom stereocenters. The molecular formula is C24H34N4O4S. The van der Waals surface area contributed by atoms with Gasteiger partial charge in [-0.25, -0.2) is 14.8 Å².